The number of nitrogens with one attached hydrogen (secondary N) is 4. The third-order valence-electron chi connectivity index (χ3n) is 6.53. The Balaban J connectivity index is 2.19. The van der Waals surface area contributed by atoms with E-state index in [9.17, 15) is 29.1 Å². The van der Waals surface area contributed by atoms with Crippen LogP contribution < -0.4 is 33.2 Å². The maximum absolute atomic E-state index is 13.4. The number of guanidine groups is 1. The Morgan fingerprint density at radius 2 is 1.56 bits per heavy atom. The molecule has 1 heterocycles. The molecular weight excluding hydrogens is 580 g/mol. The van der Waals surface area contributed by atoms with Gasteiger partial charge in [0.2, 0.25) is 17.7 Å². The summed E-state index contributed by atoms with van der Waals surface area (Å²) in [5.41, 5.74) is 18.6. The zero-order valence-electron chi connectivity index (χ0n) is 23.9. The smallest absolute Gasteiger partial charge is 0.326 e. The van der Waals surface area contributed by atoms with Crippen LogP contribution in [0.4, 0.5) is 0 Å². The second kappa shape index (κ2) is 17.6. The van der Waals surface area contributed by atoms with Crippen LogP contribution in [0.1, 0.15) is 37.7 Å². The Morgan fingerprint density at radius 3 is 2.19 bits per heavy atom. The first-order valence-corrected chi connectivity index (χ1v) is 15.0. The Kier molecular flexibility index (Phi) is 14.3. The van der Waals surface area contributed by atoms with Crippen molar-refractivity contribution in [2.24, 2.45) is 22.2 Å². The van der Waals surface area contributed by atoms with Crippen LogP contribution in [-0.4, -0.2) is 93.5 Å². The molecule has 3 amide bonds. The van der Waals surface area contributed by atoms with Crippen LogP contribution in [0, 0.1) is 0 Å². The van der Waals surface area contributed by atoms with Crippen molar-refractivity contribution in [1.29, 1.82) is 0 Å². The molecule has 0 fully saturated rings. The molecule has 16 heteroatoms. The third-order valence-corrected chi connectivity index (χ3v) is 7.18. The van der Waals surface area contributed by atoms with Crippen LogP contribution in [0.3, 0.4) is 0 Å². The molecule has 12 N–H and O–H groups in total. The van der Waals surface area contributed by atoms with Gasteiger partial charge in [0, 0.05) is 30.1 Å². The van der Waals surface area contributed by atoms with Crippen LogP contribution in [0.15, 0.2) is 35.5 Å². The maximum Gasteiger partial charge on any atom is 0.326 e. The van der Waals surface area contributed by atoms with Gasteiger partial charge in [0.15, 0.2) is 5.96 Å². The summed E-state index contributed by atoms with van der Waals surface area (Å²) in [6.45, 7) is 0.155. The van der Waals surface area contributed by atoms with Crippen LogP contribution in [0.2, 0.25) is 0 Å². The second-order valence-corrected chi connectivity index (χ2v) is 10.8. The summed E-state index contributed by atoms with van der Waals surface area (Å²) in [5.74, 6) is -4.43. The standard InChI is InChI=1S/C27H40N8O7S/c1-43-12-10-21(26(41)42)35-25(40)20(8-9-22(36)37)34-24(39)19(7-4-11-31-27(29)30)33-23(38)17(28)13-15-14-32-18-6-3-2-5-16(15)18/h2-3,5-6,14,17,19-21,32H,4,7-13,28H2,1H3,(H,33,38)(H,34,39)(H,35,40)(H,36,37)(H,41,42)(H4,29,30,31). The molecule has 4 atom stereocenters. The number of thioether (sulfide) groups is 1. The molecular formula is C27H40N8O7S. The van der Waals surface area contributed by atoms with Crippen molar-refractivity contribution in [1.82, 2.24) is 20.9 Å². The highest BCUT2D eigenvalue weighted by molar-refractivity contribution is 7.98. The first-order valence-electron chi connectivity index (χ1n) is 13.6. The molecule has 1 aromatic heterocycles. The summed E-state index contributed by atoms with van der Waals surface area (Å²) in [6.07, 6.45) is 3.39. The molecule has 0 saturated heterocycles. The fraction of sp³-hybridized carbons (Fsp3) is 0.481. The van der Waals surface area contributed by atoms with Gasteiger partial charge in [-0.3, -0.25) is 24.2 Å². The van der Waals surface area contributed by atoms with E-state index in [1.54, 1.807) is 12.5 Å². The van der Waals surface area contributed by atoms with Gasteiger partial charge in [0.1, 0.15) is 18.1 Å². The zero-order valence-corrected chi connectivity index (χ0v) is 24.7. The zero-order chi connectivity index (χ0) is 31.9. The van der Waals surface area contributed by atoms with Crippen LogP contribution in [-0.2, 0) is 30.4 Å². The van der Waals surface area contributed by atoms with Crippen molar-refractivity contribution in [3.05, 3.63) is 36.0 Å². The summed E-state index contributed by atoms with van der Waals surface area (Å²) in [7, 11) is 0. The topological polar surface area (TPSA) is 268 Å². The number of aliphatic carboxylic acids is 2. The average Bonchev–Trinajstić information content (AvgIpc) is 3.36. The molecule has 0 saturated carbocycles. The lowest BCUT2D eigenvalue weighted by molar-refractivity contribution is -0.143. The Bertz CT molecular complexity index is 1300. The van der Waals surface area contributed by atoms with E-state index in [0.717, 1.165) is 16.5 Å². The minimum absolute atomic E-state index is 0.0624. The van der Waals surface area contributed by atoms with Gasteiger partial charge in [-0.2, -0.15) is 11.8 Å². The van der Waals surface area contributed by atoms with E-state index in [-0.39, 0.29) is 44.6 Å². The predicted molar refractivity (Wildman–Crippen MR) is 163 cm³/mol. The summed E-state index contributed by atoms with van der Waals surface area (Å²) in [6, 6.07) is 2.70. The van der Waals surface area contributed by atoms with Crippen molar-refractivity contribution in [2.75, 3.05) is 18.6 Å². The normalized spacial score (nSPS) is 13.7. The second-order valence-electron chi connectivity index (χ2n) is 9.85. The van der Waals surface area contributed by atoms with Gasteiger partial charge in [-0.25, -0.2) is 4.79 Å². The first kappa shape index (κ1) is 34.9. The molecule has 236 valence electrons. The van der Waals surface area contributed by atoms with Crippen molar-refractivity contribution in [3.8, 4) is 0 Å². The minimum Gasteiger partial charge on any atom is -0.481 e. The molecule has 0 bridgehead atoms. The lowest BCUT2D eigenvalue weighted by Crippen LogP contribution is -2.57. The third kappa shape index (κ3) is 11.8. The Hall–Kier alpha value is -4.31. The molecule has 2 aromatic rings. The van der Waals surface area contributed by atoms with Crippen molar-refractivity contribution in [2.45, 2.75) is 62.7 Å². The molecule has 43 heavy (non-hydrogen) atoms. The number of benzene rings is 1. The molecule has 15 nitrogen and oxygen atoms in total. The van der Waals surface area contributed by atoms with Crippen molar-refractivity contribution >= 4 is 58.3 Å². The number of aliphatic imine (C=N–C) groups is 1. The summed E-state index contributed by atoms with van der Waals surface area (Å²) >= 11 is 1.39. The fourth-order valence-corrected chi connectivity index (χ4v) is 4.73. The predicted octanol–water partition coefficient (Wildman–Crippen LogP) is -0.752. The fourth-order valence-electron chi connectivity index (χ4n) is 4.26. The molecule has 0 aliphatic heterocycles. The SMILES string of the molecule is CSCCC(NC(=O)C(CCC(=O)O)NC(=O)C(CCCN=C(N)N)NC(=O)C(N)Cc1c[nH]c2ccccc12)C(=O)O. The Labute approximate surface area is 252 Å². The van der Waals surface area contributed by atoms with Crippen LogP contribution in [0.25, 0.3) is 10.9 Å². The summed E-state index contributed by atoms with van der Waals surface area (Å²) < 4.78 is 0. The van der Waals surface area contributed by atoms with E-state index < -0.39 is 60.2 Å². The van der Waals surface area contributed by atoms with E-state index in [1.807, 2.05) is 24.3 Å². The number of aromatic nitrogens is 1. The van der Waals surface area contributed by atoms with Gasteiger partial charge >= 0.3 is 11.9 Å². The highest BCUT2D eigenvalue weighted by Gasteiger charge is 2.30. The van der Waals surface area contributed by atoms with E-state index in [1.165, 1.54) is 11.8 Å². The largest absolute Gasteiger partial charge is 0.481 e. The number of H-pyrrole nitrogens is 1. The quantitative estimate of drug-likeness (QED) is 0.0535. The molecule has 0 aliphatic rings. The molecule has 0 radical (unpaired) electrons. The molecule has 2 rings (SSSR count). The van der Waals surface area contributed by atoms with Crippen molar-refractivity contribution in [3.63, 3.8) is 0 Å². The van der Waals surface area contributed by atoms with Gasteiger partial charge in [0.05, 0.1) is 6.04 Å². The number of nitrogens with two attached hydrogens (primary N) is 3. The number of rotatable bonds is 19. The number of carboxylic acids is 2. The number of carboxylic acid groups (broad SMARTS) is 2. The summed E-state index contributed by atoms with van der Waals surface area (Å²) in [4.78, 5) is 69.3. The van der Waals surface area contributed by atoms with Gasteiger partial charge in [-0.15, -0.1) is 0 Å². The molecule has 1 aromatic carbocycles. The highest BCUT2D eigenvalue weighted by atomic mass is 32.2. The van der Waals surface area contributed by atoms with Crippen LogP contribution in [0.5, 0.6) is 0 Å². The average molecular weight is 621 g/mol. The lowest BCUT2D eigenvalue weighted by Gasteiger charge is -2.25. The number of fused-ring (bicyclic) bond motifs is 1. The van der Waals surface area contributed by atoms with Gasteiger partial charge in [-0.05, 0) is 55.7 Å². The molecule has 0 aliphatic carbocycles. The number of amides is 3. The number of aromatic amines is 1. The maximum atomic E-state index is 13.4. The lowest BCUT2D eigenvalue weighted by atomic mass is 10.0. The van der Waals surface area contributed by atoms with Crippen LogP contribution >= 0.6 is 11.8 Å². The van der Waals surface area contributed by atoms with Gasteiger partial charge < -0.3 is 48.3 Å². The van der Waals surface area contributed by atoms with E-state index >= 15 is 0 Å². The number of carbonyl (C=O) groups excluding carboxylic acids is 3. The Morgan fingerprint density at radius 1 is 0.930 bits per heavy atom. The number of para-hydroxylation sites is 1. The number of hydrogen-bond donors (Lipinski definition) is 9. The van der Waals surface area contributed by atoms with E-state index in [2.05, 4.69) is 25.9 Å². The van der Waals surface area contributed by atoms with Gasteiger partial charge in [0.25, 0.3) is 0 Å². The van der Waals surface area contributed by atoms with Gasteiger partial charge in [-0.1, -0.05) is 18.2 Å². The number of nitrogens with zero attached hydrogens (tertiary/aromatic N) is 1. The molecule has 4 unspecified atom stereocenters. The first-order chi connectivity index (χ1) is 20.4. The van der Waals surface area contributed by atoms with E-state index in [0.29, 0.717) is 5.75 Å². The van der Waals surface area contributed by atoms with Crippen molar-refractivity contribution < 1.29 is 34.2 Å². The molecule has 0 spiro atoms. The summed E-state index contributed by atoms with van der Waals surface area (Å²) in [5, 5.41) is 27.0. The van der Waals surface area contributed by atoms with E-state index in [4.69, 9.17) is 22.3 Å². The monoisotopic (exact) mass is 620 g/mol. The minimum atomic E-state index is -1.38. The highest BCUT2D eigenvalue weighted by Crippen LogP contribution is 2.19. The number of carbonyl (C=O) groups is 5. The number of hydrogen-bond acceptors (Lipinski definition) is 8.